The van der Waals surface area contributed by atoms with Crippen molar-refractivity contribution in [2.45, 2.75) is 6.42 Å². The molecule has 0 aromatic heterocycles. The van der Waals surface area contributed by atoms with Crippen molar-refractivity contribution in [2.24, 2.45) is 0 Å². The highest BCUT2D eigenvalue weighted by molar-refractivity contribution is 14.1. The van der Waals surface area contributed by atoms with Gasteiger partial charge in [-0.2, -0.15) is 0 Å². The molecule has 1 aromatic carbocycles. The largest absolute Gasteiger partial charge is 0.385 e. The minimum Gasteiger partial charge on any atom is -0.385 e. The molecule has 1 rings (SSSR count). The van der Waals surface area contributed by atoms with Gasteiger partial charge in [-0.25, -0.2) is 0 Å². The second-order valence-electron chi connectivity index (χ2n) is 3.57. The van der Waals surface area contributed by atoms with Gasteiger partial charge < -0.3 is 10.1 Å². The predicted molar refractivity (Wildman–Crippen MR) is 83.7 cm³/mol. The second-order valence-corrected chi connectivity index (χ2v) is 5.22. The van der Waals surface area contributed by atoms with Gasteiger partial charge in [0, 0.05) is 29.4 Å². The van der Waals surface area contributed by atoms with Gasteiger partial charge in [-0.3, -0.25) is 10.1 Å². The average molecular weight is 378 g/mol. The highest BCUT2D eigenvalue weighted by atomic mass is 127. The summed E-state index contributed by atoms with van der Waals surface area (Å²) in [6.07, 6.45) is 0.843. The number of benzene rings is 1. The molecule has 0 spiro atoms. The molecule has 0 fully saturated rings. The Balaban J connectivity index is 2.38. The van der Waals surface area contributed by atoms with E-state index >= 15 is 0 Å². The van der Waals surface area contributed by atoms with E-state index in [1.807, 2.05) is 18.2 Å². The maximum Gasteiger partial charge on any atom is 0.257 e. The Morgan fingerprint density at radius 3 is 2.94 bits per heavy atom. The minimum atomic E-state index is -0.197. The lowest BCUT2D eigenvalue weighted by Gasteiger charge is -2.09. The fourth-order valence-corrected chi connectivity index (χ4v) is 2.01. The number of hydrogen-bond donors (Lipinski definition) is 2. The number of thiocarbonyl (C=S) groups is 1. The molecule has 1 aromatic rings. The van der Waals surface area contributed by atoms with Gasteiger partial charge in [0.15, 0.2) is 5.11 Å². The third-order valence-corrected chi connectivity index (χ3v) is 3.04. The van der Waals surface area contributed by atoms with Gasteiger partial charge in [0.1, 0.15) is 0 Å². The number of nitrogens with one attached hydrogen (secondary N) is 2. The van der Waals surface area contributed by atoms with Gasteiger partial charge in [-0.05, 0) is 59.4 Å². The zero-order valence-electron chi connectivity index (χ0n) is 10.0. The van der Waals surface area contributed by atoms with Crippen LogP contribution in [0.3, 0.4) is 0 Å². The molecule has 1 amide bonds. The van der Waals surface area contributed by atoms with Crippen LogP contribution in [0.1, 0.15) is 16.8 Å². The quantitative estimate of drug-likeness (QED) is 0.467. The summed E-state index contributed by atoms with van der Waals surface area (Å²) < 4.78 is 5.93. The number of ether oxygens (including phenoxy) is 1. The molecule has 0 bridgehead atoms. The van der Waals surface area contributed by atoms with Gasteiger partial charge in [0.25, 0.3) is 5.91 Å². The van der Waals surface area contributed by atoms with E-state index in [4.69, 9.17) is 17.0 Å². The summed E-state index contributed by atoms with van der Waals surface area (Å²) in [6.45, 7) is 1.35. The summed E-state index contributed by atoms with van der Waals surface area (Å²) >= 11 is 7.19. The van der Waals surface area contributed by atoms with Crippen LogP contribution in [0.2, 0.25) is 0 Å². The van der Waals surface area contributed by atoms with Crippen molar-refractivity contribution < 1.29 is 9.53 Å². The maximum absolute atomic E-state index is 11.8. The van der Waals surface area contributed by atoms with E-state index in [0.717, 1.165) is 9.99 Å². The highest BCUT2D eigenvalue weighted by Crippen LogP contribution is 2.07. The lowest BCUT2D eigenvalue weighted by molar-refractivity contribution is 0.0976. The van der Waals surface area contributed by atoms with E-state index in [1.165, 1.54) is 0 Å². The number of halogens is 1. The first kappa shape index (κ1) is 15.3. The molecular weight excluding hydrogens is 363 g/mol. The van der Waals surface area contributed by atoms with E-state index in [-0.39, 0.29) is 5.91 Å². The van der Waals surface area contributed by atoms with Crippen molar-refractivity contribution in [3.63, 3.8) is 0 Å². The monoisotopic (exact) mass is 378 g/mol. The molecule has 4 nitrogen and oxygen atoms in total. The van der Waals surface area contributed by atoms with Crippen LogP contribution in [0.25, 0.3) is 0 Å². The van der Waals surface area contributed by atoms with Crippen LogP contribution in [-0.4, -0.2) is 31.3 Å². The normalized spacial score (nSPS) is 9.89. The standard InChI is InChI=1S/C12H15IN2O2S/c1-17-7-3-6-14-12(18)15-11(16)9-4-2-5-10(13)8-9/h2,4-5,8H,3,6-7H2,1H3,(H2,14,15,16,18). The lowest BCUT2D eigenvalue weighted by atomic mass is 10.2. The number of rotatable bonds is 5. The molecule has 0 aliphatic rings. The zero-order valence-corrected chi connectivity index (χ0v) is 13.0. The van der Waals surface area contributed by atoms with Gasteiger partial charge in [-0.15, -0.1) is 0 Å². The van der Waals surface area contributed by atoms with Gasteiger partial charge in [0.05, 0.1) is 0 Å². The van der Waals surface area contributed by atoms with Crippen molar-refractivity contribution in [3.8, 4) is 0 Å². The minimum absolute atomic E-state index is 0.197. The van der Waals surface area contributed by atoms with E-state index in [2.05, 4.69) is 33.2 Å². The Labute approximate surface area is 126 Å². The van der Waals surface area contributed by atoms with Crippen LogP contribution in [0.15, 0.2) is 24.3 Å². The Kier molecular flexibility index (Phi) is 7.14. The van der Waals surface area contributed by atoms with Crippen molar-refractivity contribution in [3.05, 3.63) is 33.4 Å². The fraction of sp³-hybridized carbons (Fsp3) is 0.333. The summed E-state index contributed by atoms with van der Waals surface area (Å²) in [7, 11) is 1.65. The summed E-state index contributed by atoms with van der Waals surface area (Å²) in [4.78, 5) is 11.8. The first-order valence-electron chi connectivity index (χ1n) is 5.47. The molecule has 2 N–H and O–H groups in total. The second kappa shape index (κ2) is 8.39. The molecule has 0 atom stereocenters. The molecule has 0 aliphatic heterocycles. The van der Waals surface area contributed by atoms with Crippen LogP contribution >= 0.6 is 34.8 Å². The van der Waals surface area contributed by atoms with Crippen LogP contribution in [0.4, 0.5) is 0 Å². The maximum atomic E-state index is 11.8. The van der Waals surface area contributed by atoms with E-state index in [1.54, 1.807) is 13.2 Å². The van der Waals surface area contributed by atoms with Crippen molar-refractivity contribution in [1.29, 1.82) is 0 Å². The van der Waals surface area contributed by atoms with Crippen LogP contribution in [0, 0.1) is 3.57 Å². The number of amides is 1. The van der Waals surface area contributed by atoms with E-state index in [9.17, 15) is 4.79 Å². The third kappa shape index (κ3) is 5.74. The Bertz CT molecular complexity index is 426. The first-order chi connectivity index (χ1) is 8.63. The molecule has 0 saturated heterocycles. The Morgan fingerprint density at radius 1 is 1.50 bits per heavy atom. The highest BCUT2D eigenvalue weighted by Gasteiger charge is 2.07. The number of carbonyl (C=O) groups is 1. The molecule has 0 aliphatic carbocycles. The Hall–Kier alpha value is -0.730. The lowest BCUT2D eigenvalue weighted by Crippen LogP contribution is -2.39. The third-order valence-electron chi connectivity index (χ3n) is 2.12. The molecule has 0 saturated carbocycles. The van der Waals surface area contributed by atoms with Crippen molar-refractivity contribution in [1.82, 2.24) is 10.6 Å². The number of methoxy groups -OCH3 is 1. The summed E-state index contributed by atoms with van der Waals surface area (Å²) in [5.74, 6) is -0.197. The summed E-state index contributed by atoms with van der Waals surface area (Å²) in [5.41, 5.74) is 0.600. The Morgan fingerprint density at radius 2 is 2.28 bits per heavy atom. The van der Waals surface area contributed by atoms with E-state index < -0.39 is 0 Å². The van der Waals surface area contributed by atoms with Crippen LogP contribution in [-0.2, 0) is 4.74 Å². The smallest absolute Gasteiger partial charge is 0.257 e. The molecule has 18 heavy (non-hydrogen) atoms. The average Bonchev–Trinajstić information content (AvgIpc) is 2.34. The molecule has 0 heterocycles. The van der Waals surface area contributed by atoms with Gasteiger partial charge in [-0.1, -0.05) is 6.07 Å². The van der Waals surface area contributed by atoms with E-state index in [0.29, 0.717) is 23.8 Å². The van der Waals surface area contributed by atoms with Crippen molar-refractivity contribution in [2.75, 3.05) is 20.3 Å². The molecule has 6 heteroatoms. The van der Waals surface area contributed by atoms with Crippen LogP contribution < -0.4 is 10.6 Å². The fourth-order valence-electron chi connectivity index (χ4n) is 1.27. The summed E-state index contributed by atoms with van der Waals surface area (Å²) in [6, 6.07) is 7.33. The predicted octanol–water partition coefficient (Wildman–Crippen LogP) is 1.93. The zero-order chi connectivity index (χ0) is 13.4. The van der Waals surface area contributed by atoms with Crippen molar-refractivity contribution >= 4 is 45.8 Å². The number of carbonyl (C=O) groups excluding carboxylic acids is 1. The molecule has 0 unspecified atom stereocenters. The topological polar surface area (TPSA) is 50.4 Å². The molecule has 98 valence electrons. The molecular formula is C12H15IN2O2S. The molecule has 0 radical (unpaired) electrons. The number of hydrogen-bond acceptors (Lipinski definition) is 3. The van der Waals surface area contributed by atoms with Gasteiger partial charge >= 0.3 is 0 Å². The SMILES string of the molecule is COCCCNC(=S)NC(=O)c1cccc(I)c1. The van der Waals surface area contributed by atoms with Crippen LogP contribution in [0.5, 0.6) is 0 Å². The first-order valence-corrected chi connectivity index (χ1v) is 6.96. The summed E-state index contributed by atoms with van der Waals surface area (Å²) in [5, 5.41) is 5.93. The van der Waals surface area contributed by atoms with Gasteiger partial charge in [0.2, 0.25) is 0 Å².